The largest absolute Gasteiger partial charge is 0.508 e. The third-order valence-electron chi connectivity index (χ3n) is 2.18. The van der Waals surface area contributed by atoms with Crippen LogP contribution in [0.1, 0.15) is 12.5 Å². The first-order valence-corrected chi connectivity index (χ1v) is 5.05. The number of phenols is 1. The molecule has 3 N–H and O–H groups in total. The van der Waals surface area contributed by atoms with Crippen molar-refractivity contribution in [2.24, 2.45) is 5.73 Å². The molecule has 0 aliphatic carbocycles. The fourth-order valence-electron chi connectivity index (χ4n) is 1.33. The second-order valence-electron chi connectivity index (χ2n) is 3.42. The summed E-state index contributed by atoms with van der Waals surface area (Å²) >= 11 is 0. The topological polar surface area (TPSA) is 72.5 Å². The molecule has 0 saturated carbocycles. The molecule has 4 nitrogen and oxygen atoms in total. The minimum Gasteiger partial charge on any atom is -0.508 e. The van der Waals surface area contributed by atoms with Gasteiger partial charge in [-0.25, -0.2) is 8.78 Å². The van der Waals surface area contributed by atoms with Crippen LogP contribution in [-0.4, -0.2) is 23.7 Å². The molecule has 0 saturated heterocycles. The third-order valence-corrected chi connectivity index (χ3v) is 2.18. The number of halogens is 2. The summed E-state index contributed by atoms with van der Waals surface area (Å²) in [6.07, 6.45) is -0.325. The summed E-state index contributed by atoms with van der Waals surface area (Å²) in [5.74, 6) is -3.47. The van der Waals surface area contributed by atoms with E-state index in [1.165, 1.54) is 0 Å². The van der Waals surface area contributed by atoms with E-state index in [0.29, 0.717) is 0 Å². The Morgan fingerprint density at radius 1 is 1.53 bits per heavy atom. The van der Waals surface area contributed by atoms with Crippen molar-refractivity contribution in [3.63, 3.8) is 0 Å². The van der Waals surface area contributed by atoms with Crippen LogP contribution in [0.5, 0.6) is 5.75 Å². The Morgan fingerprint density at radius 2 is 2.18 bits per heavy atom. The Bertz CT molecular complexity index is 423. The number of hydrogen-bond acceptors (Lipinski definition) is 4. The van der Waals surface area contributed by atoms with Gasteiger partial charge in [0.05, 0.1) is 6.61 Å². The maximum Gasteiger partial charge on any atom is 0.323 e. The maximum atomic E-state index is 13.3. The van der Waals surface area contributed by atoms with E-state index in [2.05, 4.69) is 4.74 Å². The highest BCUT2D eigenvalue weighted by Crippen LogP contribution is 2.23. The van der Waals surface area contributed by atoms with Gasteiger partial charge in [-0.1, -0.05) is 0 Å². The van der Waals surface area contributed by atoms with Gasteiger partial charge in [-0.05, 0) is 19.1 Å². The first-order chi connectivity index (χ1) is 7.97. The molecule has 0 bridgehead atoms. The van der Waals surface area contributed by atoms with E-state index in [0.717, 1.165) is 12.1 Å². The highest BCUT2D eigenvalue weighted by molar-refractivity contribution is 5.76. The van der Waals surface area contributed by atoms with E-state index >= 15 is 0 Å². The lowest BCUT2D eigenvalue weighted by Crippen LogP contribution is -2.34. The number of nitrogens with two attached hydrogens (primary N) is 1. The molecule has 1 rings (SSSR count). The lowest BCUT2D eigenvalue weighted by atomic mass is 10.0. The van der Waals surface area contributed by atoms with Gasteiger partial charge in [0.25, 0.3) is 0 Å². The van der Waals surface area contributed by atoms with Crippen LogP contribution >= 0.6 is 0 Å². The number of phenolic OH excluding ortho intramolecular Hbond substituents is 1. The van der Waals surface area contributed by atoms with E-state index in [9.17, 15) is 18.7 Å². The quantitative estimate of drug-likeness (QED) is 0.779. The summed E-state index contributed by atoms with van der Waals surface area (Å²) in [6, 6.07) is 0.660. The van der Waals surface area contributed by atoms with Crippen LogP contribution < -0.4 is 5.73 Å². The first kappa shape index (κ1) is 13.4. The number of benzene rings is 1. The van der Waals surface area contributed by atoms with Crippen LogP contribution in [-0.2, 0) is 16.0 Å². The molecule has 0 heterocycles. The summed E-state index contributed by atoms with van der Waals surface area (Å²) in [4.78, 5) is 11.2. The molecule has 0 aliphatic heterocycles. The fourth-order valence-corrected chi connectivity index (χ4v) is 1.33. The van der Waals surface area contributed by atoms with Crippen LogP contribution in [0.25, 0.3) is 0 Å². The standard InChI is InChI=1S/C11H13F2NO3/c1-2-17-11(16)8(14)5-6-9(15)4-3-7(12)10(6)13/h3-4,8,15H,2,5,14H2,1H3. The molecule has 17 heavy (non-hydrogen) atoms. The monoisotopic (exact) mass is 245 g/mol. The zero-order valence-corrected chi connectivity index (χ0v) is 9.24. The second kappa shape index (κ2) is 5.58. The van der Waals surface area contributed by atoms with Gasteiger partial charge >= 0.3 is 5.97 Å². The highest BCUT2D eigenvalue weighted by atomic mass is 19.2. The van der Waals surface area contributed by atoms with E-state index in [-0.39, 0.29) is 18.6 Å². The molecular weight excluding hydrogens is 232 g/mol. The van der Waals surface area contributed by atoms with Crippen LogP contribution in [0.15, 0.2) is 12.1 Å². The second-order valence-corrected chi connectivity index (χ2v) is 3.42. The molecule has 1 aromatic rings. The van der Waals surface area contributed by atoms with Crippen molar-refractivity contribution in [3.05, 3.63) is 29.3 Å². The summed E-state index contributed by atoms with van der Waals surface area (Å²) in [5, 5.41) is 9.36. The van der Waals surface area contributed by atoms with Crippen LogP contribution in [0.2, 0.25) is 0 Å². The highest BCUT2D eigenvalue weighted by Gasteiger charge is 2.21. The molecule has 94 valence electrons. The number of ether oxygens (including phenoxy) is 1. The average molecular weight is 245 g/mol. The maximum absolute atomic E-state index is 13.3. The molecule has 0 amide bonds. The minimum absolute atomic E-state index is 0.143. The Morgan fingerprint density at radius 3 is 2.76 bits per heavy atom. The number of hydrogen-bond donors (Lipinski definition) is 2. The molecule has 0 fully saturated rings. The molecule has 1 unspecified atom stereocenters. The summed E-state index contributed by atoms with van der Waals surface area (Å²) in [7, 11) is 0. The van der Waals surface area contributed by atoms with E-state index in [1.54, 1.807) is 6.92 Å². The Hall–Kier alpha value is -1.69. The number of aromatic hydroxyl groups is 1. The summed E-state index contributed by atoms with van der Waals surface area (Å²) < 4.78 is 30.9. The number of esters is 1. The molecular formula is C11H13F2NO3. The predicted octanol–water partition coefficient (Wildman–Crippen LogP) is 1.10. The van der Waals surface area contributed by atoms with E-state index < -0.39 is 29.4 Å². The van der Waals surface area contributed by atoms with Gasteiger partial charge < -0.3 is 15.6 Å². The average Bonchev–Trinajstić information content (AvgIpc) is 2.29. The van der Waals surface area contributed by atoms with Crippen molar-refractivity contribution in [3.8, 4) is 5.75 Å². The predicted molar refractivity (Wildman–Crippen MR) is 56.3 cm³/mol. The van der Waals surface area contributed by atoms with Crippen molar-refractivity contribution in [2.75, 3.05) is 6.61 Å². The SMILES string of the molecule is CCOC(=O)C(N)Cc1c(O)ccc(F)c1F. The fraction of sp³-hybridized carbons (Fsp3) is 0.364. The lowest BCUT2D eigenvalue weighted by molar-refractivity contribution is -0.144. The van der Waals surface area contributed by atoms with Gasteiger partial charge in [-0.15, -0.1) is 0 Å². The van der Waals surface area contributed by atoms with Crippen LogP contribution in [0.4, 0.5) is 8.78 Å². The normalized spacial score (nSPS) is 12.2. The van der Waals surface area contributed by atoms with Gasteiger partial charge in [-0.2, -0.15) is 0 Å². The molecule has 1 atom stereocenters. The Balaban J connectivity index is 2.88. The van der Waals surface area contributed by atoms with Gasteiger partial charge in [0, 0.05) is 12.0 Å². The summed E-state index contributed by atoms with van der Waals surface area (Å²) in [5.41, 5.74) is 5.12. The molecule has 0 aromatic heterocycles. The van der Waals surface area contributed by atoms with Crippen molar-refractivity contribution >= 4 is 5.97 Å². The smallest absolute Gasteiger partial charge is 0.323 e. The number of carbonyl (C=O) groups is 1. The third kappa shape index (κ3) is 3.13. The van der Waals surface area contributed by atoms with Crippen molar-refractivity contribution in [2.45, 2.75) is 19.4 Å². The number of rotatable bonds is 4. The molecule has 6 heteroatoms. The van der Waals surface area contributed by atoms with E-state index in [4.69, 9.17) is 5.73 Å². The van der Waals surface area contributed by atoms with Gasteiger partial charge in [-0.3, -0.25) is 4.79 Å². The van der Waals surface area contributed by atoms with Crippen molar-refractivity contribution in [1.82, 2.24) is 0 Å². The van der Waals surface area contributed by atoms with Crippen molar-refractivity contribution in [1.29, 1.82) is 0 Å². The van der Waals surface area contributed by atoms with Gasteiger partial charge in [0.1, 0.15) is 11.8 Å². The van der Waals surface area contributed by atoms with Gasteiger partial charge in [0.2, 0.25) is 0 Å². The van der Waals surface area contributed by atoms with E-state index in [1.807, 2.05) is 0 Å². The summed E-state index contributed by atoms with van der Waals surface area (Å²) in [6.45, 7) is 1.75. The minimum atomic E-state index is -1.20. The van der Waals surface area contributed by atoms with Crippen LogP contribution in [0, 0.1) is 11.6 Å². The Labute approximate surface area is 97.0 Å². The lowest BCUT2D eigenvalue weighted by Gasteiger charge is -2.12. The molecule has 0 aliphatic rings. The zero-order chi connectivity index (χ0) is 13.0. The number of carbonyl (C=O) groups excluding carboxylic acids is 1. The van der Waals surface area contributed by atoms with Gasteiger partial charge in [0.15, 0.2) is 11.6 Å². The van der Waals surface area contributed by atoms with Crippen LogP contribution in [0.3, 0.4) is 0 Å². The Kier molecular flexibility index (Phi) is 4.39. The molecule has 0 spiro atoms. The molecule has 1 aromatic carbocycles. The molecule has 0 radical (unpaired) electrons. The zero-order valence-electron chi connectivity index (χ0n) is 9.24. The van der Waals surface area contributed by atoms with Crippen molar-refractivity contribution < 1.29 is 23.4 Å². The first-order valence-electron chi connectivity index (χ1n) is 5.05.